The van der Waals surface area contributed by atoms with Gasteiger partial charge < -0.3 is 4.74 Å². The van der Waals surface area contributed by atoms with Gasteiger partial charge in [0.2, 0.25) is 0 Å². The number of carbonyl (C=O) groups is 1. The van der Waals surface area contributed by atoms with E-state index in [1.165, 1.54) is 0 Å². The van der Waals surface area contributed by atoms with Crippen molar-refractivity contribution in [3.8, 4) is 0 Å². The maximum Gasteiger partial charge on any atom is 0.328 e. The van der Waals surface area contributed by atoms with E-state index in [0.717, 1.165) is 5.56 Å². The molecule has 5 heteroatoms. The van der Waals surface area contributed by atoms with E-state index in [4.69, 9.17) is 4.74 Å². The molecule has 1 aromatic carbocycles. The van der Waals surface area contributed by atoms with Crippen LogP contribution >= 0.6 is 0 Å². The van der Waals surface area contributed by atoms with Crippen molar-refractivity contribution >= 4 is 15.8 Å². The molecule has 0 bridgehead atoms. The van der Waals surface area contributed by atoms with Crippen LogP contribution in [-0.4, -0.2) is 25.7 Å². The summed E-state index contributed by atoms with van der Waals surface area (Å²) in [7, 11) is -3.60. The average molecular weight is 252 g/mol. The van der Waals surface area contributed by atoms with E-state index in [0.29, 0.717) is 6.42 Å². The molecular formula is C12H12O4S. The zero-order valence-corrected chi connectivity index (χ0v) is 10.2. The zero-order chi connectivity index (χ0) is 12.3. The fourth-order valence-corrected chi connectivity index (χ4v) is 4.54. The Balaban J connectivity index is 2.09. The number of cyclic esters (lactones) is 1. The number of aryl methyl sites for hydroxylation is 1. The van der Waals surface area contributed by atoms with Crippen molar-refractivity contribution in [1.29, 1.82) is 0 Å². The molecule has 2 atom stereocenters. The second kappa shape index (κ2) is 3.10. The normalized spacial score (nSPS) is 30.9. The molecule has 2 fully saturated rings. The molecule has 0 aromatic heterocycles. The summed E-state index contributed by atoms with van der Waals surface area (Å²) in [5.74, 6) is -0.732. The Kier molecular flexibility index (Phi) is 1.96. The van der Waals surface area contributed by atoms with Gasteiger partial charge in [0.15, 0.2) is 14.6 Å². The van der Waals surface area contributed by atoms with Crippen molar-refractivity contribution in [2.45, 2.75) is 23.0 Å². The van der Waals surface area contributed by atoms with Gasteiger partial charge in [-0.25, -0.2) is 8.42 Å². The summed E-state index contributed by atoms with van der Waals surface area (Å²) in [5.41, 5.74) is 0.989. The first-order valence-electron chi connectivity index (χ1n) is 5.47. The highest BCUT2D eigenvalue weighted by molar-refractivity contribution is 7.94. The van der Waals surface area contributed by atoms with Crippen LogP contribution in [0.2, 0.25) is 0 Å². The maximum absolute atomic E-state index is 12.4. The molecule has 17 heavy (non-hydrogen) atoms. The van der Waals surface area contributed by atoms with E-state index < -0.39 is 20.6 Å². The first kappa shape index (κ1) is 10.8. The van der Waals surface area contributed by atoms with Gasteiger partial charge in [-0.1, -0.05) is 17.7 Å². The molecule has 0 amide bonds. The molecule has 1 aliphatic heterocycles. The van der Waals surface area contributed by atoms with Gasteiger partial charge >= 0.3 is 5.97 Å². The average Bonchev–Trinajstić information content (AvgIpc) is 2.95. The summed E-state index contributed by atoms with van der Waals surface area (Å²) in [6.45, 7) is 2.13. The summed E-state index contributed by atoms with van der Waals surface area (Å²) in [6.07, 6.45) is 0.405. The third-order valence-electron chi connectivity index (χ3n) is 3.62. The van der Waals surface area contributed by atoms with Crippen LogP contribution < -0.4 is 0 Å². The highest BCUT2D eigenvalue weighted by atomic mass is 32.2. The lowest BCUT2D eigenvalue weighted by atomic mass is 10.2. The highest BCUT2D eigenvalue weighted by Crippen LogP contribution is 2.57. The quantitative estimate of drug-likeness (QED) is 0.739. The van der Waals surface area contributed by atoms with Crippen LogP contribution in [0.15, 0.2) is 29.2 Å². The number of sulfone groups is 1. The molecule has 1 saturated heterocycles. The van der Waals surface area contributed by atoms with Crippen molar-refractivity contribution in [2.75, 3.05) is 6.61 Å². The van der Waals surface area contributed by atoms with E-state index in [-0.39, 0.29) is 17.4 Å². The van der Waals surface area contributed by atoms with Gasteiger partial charge in [-0.05, 0) is 25.5 Å². The van der Waals surface area contributed by atoms with Crippen LogP contribution in [0.1, 0.15) is 12.0 Å². The van der Waals surface area contributed by atoms with Crippen molar-refractivity contribution in [3.05, 3.63) is 29.8 Å². The molecule has 1 saturated carbocycles. The molecular weight excluding hydrogens is 240 g/mol. The largest absolute Gasteiger partial charge is 0.464 e. The third kappa shape index (κ3) is 1.23. The predicted octanol–water partition coefficient (Wildman–Crippen LogP) is 1.08. The minimum absolute atomic E-state index is 0.152. The molecule has 0 radical (unpaired) electrons. The van der Waals surface area contributed by atoms with Gasteiger partial charge in [0.05, 0.1) is 11.5 Å². The summed E-state index contributed by atoms with van der Waals surface area (Å²) in [6, 6.07) is 6.59. The third-order valence-corrected chi connectivity index (χ3v) is 6.14. The monoisotopic (exact) mass is 252 g/mol. The minimum Gasteiger partial charge on any atom is -0.464 e. The van der Waals surface area contributed by atoms with Gasteiger partial charge in [-0.15, -0.1) is 0 Å². The molecule has 90 valence electrons. The molecule has 1 aromatic rings. The lowest BCUT2D eigenvalue weighted by Crippen LogP contribution is -2.31. The number of benzene rings is 1. The molecule has 4 nitrogen and oxygen atoms in total. The highest BCUT2D eigenvalue weighted by Gasteiger charge is 2.74. The van der Waals surface area contributed by atoms with Gasteiger partial charge in [0, 0.05) is 5.92 Å². The van der Waals surface area contributed by atoms with Crippen molar-refractivity contribution in [3.63, 3.8) is 0 Å². The summed E-state index contributed by atoms with van der Waals surface area (Å²) in [5, 5.41) is 0. The number of fused-ring (bicyclic) bond motifs is 1. The molecule has 1 aliphatic carbocycles. The smallest absolute Gasteiger partial charge is 0.328 e. The van der Waals surface area contributed by atoms with E-state index >= 15 is 0 Å². The van der Waals surface area contributed by atoms with Gasteiger partial charge in [-0.3, -0.25) is 4.79 Å². The lowest BCUT2D eigenvalue weighted by Gasteiger charge is -2.11. The number of ether oxygens (including phenoxy) is 1. The number of hydrogen-bond acceptors (Lipinski definition) is 4. The van der Waals surface area contributed by atoms with Gasteiger partial charge in [-0.2, -0.15) is 0 Å². The predicted molar refractivity (Wildman–Crippen MR) is 60.2 cm³/mol. The Hall–Kier alpha value is -1.36. The first-order chi connectivity index (χ1) is 7.98. The second-order valence-electron chi connectivity index (χ2n) is 4.71. The standard InChI is InChI=1S/C12H12O4S/c1-8-2-4-10(5-3-8)17(14,15)12-6-9(12)7-16-11(12)13/h2-5,9H,6-7H2,1H3/t9-,12+/m0/s1. The summed E-state index contributed by atoms with van der Waals surface area (Å²) < 4.78 is 28.4. The fraction of sp³-hybridized carbons (Fsp3) is 0.417. The van der Waals surface area contributed by atoms with Crippen LogP contribution in [0.25, 0.3) is 0 Å². The number of carbonyl (C=O) groups excluding carboxylic acids is 1. The first-order valence-corrected chi connectivity index (χ1v) is 6.95. The zero-order valence-electron chi connectivity index (χ0n) is 9.34. The maximum atomic E-state index is 12.4. The van der Waals surface area contributed by atoms with Crippen molar-refractivity contribution in [2.24, 2.45) is 5.92 Å². The Labute approximate surface area is 99.5 Å². The number of rotatable bonds is 2. The van der Waals surface area contributed by atoms with E-state index in [1.54, 1.807) is 24.3 Å². The Morgan fingerprint density at radius 2 is 1.94 bits per heavy atom. The number of hydrogen-bond donors (Lipinski definition) is 0. The van der Waals surface area contributed by atoms with Crippen LogP contribution in [0, 0.1) is 12.8 Å². The minimum atomic E-state index is -3.60. The van der Waals surface area contributed by atoms with Gasteiger partial charge in [0.1, 0.15) is 0 Å². The van der Waals surface area contributed by atoms with Crippen LogP contribution in [0.3, 0.4) is 0 Å². The second-order valence-corrected chi connectivity index (χ2v) is 6.91. The molecule has 0 unspecified atom stereocenters. The van der Waals surface area contributed by atoms with Crippen LogP contribution in [0.5, 0.6) is 0 Å². The lowest BCUT2D eigenvalue weighted by molar-refractivity contribution is -0.140. The van der Waals surface area contributed by atoms with E-state index in [2.05, 4.69) is 0 Å². The van der Waals surface area contributed by atoms with Crippen LogP contribution in [-0.2, 0) is 19.4 Å². The van der Waals surface area contributed by atoms with Gasteiger partial charge in [0.25, 0.3) is 0 Å². The van der Waals surface area contributed by atoms with E-state index in [1.807, 2.05) is 6.92 Å². The molecule has 0 spiro atoms. The fourth-order valence-electron chi connectivity index (χ4n) is 2.42. The molecule has 0 N–H and O–H groups in total. The Bertz CT molecular complexity index is 587. The van der Waals surface area contributed by atoms with Crippen molar-refractivity contribution < 1.29 is 17.9 Å². The Morgan fingerprint density at radius 1 is 1.29 bits per heavy atom. The van der Waals surface area contributed by atoms with E-state index in [9.17, 15) is 13.2 Å². The molecule has 3 rings (SSSR count). The summed E-state index contributed by atoms with van der Waals surface area (Å²) >= 11 is 0. The number of esters is 1. The van der Waals surface area contributed by atoms with Crippen LogP contribution in [0.4, 0.5) is 0 Å². The topological polar surface area (TPSA) is 60.4 Å². The van der Waals surface area contributed by atoms with Crippen molar-refractivity contribution in [1.82, 2.24) is 0 Å². The SMILES string of the molecule is Cc1ccc(S(=O)(=O)[C@]23C[C@H]2COC3=O)cc1. The molecule has 2 aliphatic rings. The molecule has 1 heterocycles. The Morgan fingerprint density at radius 3 is 2.41 bits per heavy atom. The summed E-state index contributed by atoms with van der Waals surface area (Å²) in [4.78, 5) is 11.8.